The van der Waals surface area contributed by atoms with Crippen LogP contribution in [0.1, 0.15) is 0 Å². The van der Waals surface area contributed by atoms with Gasteiger partial charge in [-0.15, -0.1) is 24.8 Å². The van der Waals surface area contributed by atoms with Gasteiger partial charge >= 0.3 is 118 Å². The van der Waals surface area contributed by atoms with Gasteiger partial charge in [-0.25, -0.2) is 33.7 Å². The van der Waals surface area contributed by atoms with Crippen molar-refractivity contribution in [1.29, 1.82) is 0 Å². The van der Waals surface area contributed by atoms with E-state index in [4.69, 9.17) is 24.1 Å². The number of nitrogens with two attached hydrogens (primary N) is 1. The maximum atomic E-state index is 13.0. The summed E-state index contributed by atoms with van der Waals surface area (Å²) in [7, 11) is -15.9. The van der Waals surface area contributed by atoms with Crippen LogP contribution in [0, 0.1) is 0 Å². The molecule has 0 aromatic heterocycles. The summed E-state index contributed by atoms with van der Waals surface area (Å²) >= 11 is 2.37. The fraction of sp³-hybridized carbons (Fsp3) is 0.267. The number of rotatable bonds is 23. The van der Waals surface area contributed by atoms with Crippen LogP contribution in [-0.4, -0.2) is 98.9 Å². The first-order valence-corrected chi connectivity index (χ1v) is 25.9. The van der Waals surface area contributed by atoms with Crippen LogP contribution in [0.5, 0.6) is 23.0 Å². The molecule has 38 heteroatoms. The molecule has 4 aromatic carbocycles. The molecule has 0 spiro atoms. The number of anilines is 1. The Kier molecular flexibility index (Phi) is 33.5. The van der Waals surface area contributed by atoms with Crippen LogP contribution < -0.4 is 149 Å². The number of fused-ring (bicyclic) bond motifs is 1. The maximum Gasteiger partial charge on any atom is 1.00 e. The number of azo groups is 2. The second kappa shape index (κ2) is 32.5. The molecular formula is C30H30IN5Na4O22S6. The molecule has 0 aliphatic rings. The molecule has 0 amide bonds. The van der Waals surface area contributed by atoms with E-state index in [1.807, 2.05) is 4.93 Å². The number of methoxy groups -OCH3 is 3. The first-order valence-electron chi connectivity index (χ1n) is 16.3. The van der Waals surface area contributed by atoms with E-state index in [1.165, 1.54) is 13.2 Å². The molecule has 0 fully saturated rings. The predicted octanol–water partition coefficient (Wildman–Crippen LogP) is -8.99. The molecule has 68 heavy (non-hydrogen) atoms. The fourth-order valence-corrected chi connectivity index (χ4v) is 9.25. The molecule has 4 aromatic rings. The maximum absolute atomic E-state index is 13.0. The van der Waals surface area contributed by atoms with Crippen LogP contribution in [-0.2, 0) is 67.3 Å². The van der Waals surface area contributed by atoms with Gasteiger partial charge in [-0.2, -0.15) is 4.33 Å². The van der Waals surface area contributed by atoms with Gasteiger partial charge in [-0.05, 0) is 40.6 Å². The van der Waals surface area contributed by atoms with Gasteiger partial charge in [0.1, 0.15) is 55.0 Å². The molecule has 0 radical (unpaired) electrons. The van der Waals surface area contributed by atoms with Gasteiger partial charge in [-0.1, -0.05) is 22.6 Å². The Balaban J connectivity index is 0. The Hall–Kier alpha value is 0.170. The average molecular weight is 1220 g/mol. The fourth-order valence-electron chi connectivity index (χ4n) is 5.02. The minimum absolute atomic E-state index is 0. The Morgan fingerprint density at radius 3 is 1.78 bits per heavy atom. The van der Waals surface area contributed by atoms with E-state index < -0.39 is 109 Å². The number of sulfone groups is 2. The van der Waals surface area contributed by atoms with Gasteiger partial charge in [0.2, 0.25) is 10.4 Å². The number of phenolic OH excluding ortho intramolecular Hbond substituents is 1. The summed E-state index contributed by atoms with van der Waals surface area (Å²) in [5, 5.41) is 53.6. The summed E-state index contributed by atoms with van der Waals surface area (Å²) < 4.78 is 155. The van der Waals surface area contributed by atoms with Crippen molar-refractivity contribution in [3.63, 3.8) is 0 Å². The molecule has 3 N–H and O–H groups in total. The van der Waals surface area contributed by atoms with Gasteiger partial charge in [-0.3, -0.25) is 18.4 Å². The number of benzene rings is 4. The number of ether oxygens (including phenoxy) is 3. The second-order valence-electron chi connectivity index (χ2n) is 11.3. The standard InChI is InChI=1S/C29H31N5O22S6.CH3I.4Na/c1-48-19-5-4-16(59(38,39)8-6-51-58-56-54-37)12-17(19)31-33-27-22(57-55-53-36)10-15-11-24(61(42,43)44)28(26(30)25(15)29(27)35)34-32-18-13-21(50-3)23(14-20(18)49-2)60(40,41)9-7-52-62(45,46)47;1-2;;;;/h4-5,10-14,35-37H,6-9,30H2,1-3H3,(H,42,43,44)(H,45,46,47);1H3;;;;/q;;4*+1/p-4. The number of nitrogens with zero attached hydrogens (tertiary/aromatic N) is 4. The molecule has 0 heterocycles. The van der Waals surface area contributed by atoms with Crippen LogP contribution in [0.3, 0.4) is 0 Å². The summed E-state index contributed by atoms with van der Waals surface area (Å²) in [6, 6.07) is 7.00. The van der Waals surface area contributed by atoms with Crippen molar-refractivity contribution in [3.05, 3.63) is 42.5 Å². The van der Waals surface area contributed by atoms with Crippen molar-refractivity contribution in [1.82, 2.24) is 0 Å². The molecule has 4 rings (SSSR count). The van der Waals surface area contributed by atoms with Crippen LogP contribution in [0.2, 0.25) is 0 Å². The third-order valence-corrected chi connectivity index (χ3v) is 13.3. The summed E-state index contributed by atoms with van der Waals surface area (Å²) in [5.41, 5.74) is 3.58. The van der Waals surface area contributed by atoms with Crippen molar-refractivity contribution in [3.8, 4) is 23.0 Å². The van der Waals surface area contributed by atoms with Crippen molar-refractivity contribution in [2.24, 2.45) is 20.5 Å². The van der Waals surface area contributed by atoms with E-state index in [2.05, 4.69) is 66.0 Å². The smallest absolute Gasteiger partial charge is 0.744 e. The van der Waals surface area contributed by atoms with Gasteiger partial charge in [0.15, 0.2) is 37.7 Å². The Bertz CT molecular complexity index is 2840. The SMILES string of the molecule is CI.COc1cc(S(=O)(=O)CCOS(=O)(=O)[O-])c(OC)cc1N=Nc1c(S(=O)(=O)[O-])cc2cc(SOO[O-])c(N=Nc3cc(S(=O)(=O)CCOSOO[O-])ccc3OC)c(O)c2c1N.[Na+].[Na+].[Na+].[Na+]. The third-order valence-electron chi connectivity index (χ3n) is 7.68. The molecule has 27 nitrogen and oxygen atoms in total. The quantitative estimate of drug-likeness (QED) is 0.00595. The van der Waals surface area contributed by atoms with Gasteiger partial charge in [0.05, 0.1) is 83.9 Å². The normalized spacial score (nSPS) is 11.7. The monoisotopic (exact) mass is 1220 g/mol. The largest absolute Gasteiger partial charge is 1.00 e. The molecule has 0 bridgehead atoms. The predicted molar refractivity (Wildman–Crippen MR) is 222 cm³/mol. The number of alkyl halides is 1. The topological polar surface area (TPSA) is 408 Å². The second-order valence-corrected chi connectivity index (χ2v) is 19.1. The Morgan fingerprint density at radius 2 is 1.24 bits per heavy atom. The molecule has 0 atom stereocenters. The summed E-state index contributed by atoms with van der Waals surface area (Å²) in [6.45, 7) is -1.51. The number of hydrogen-bond donors (Lipinski definition) is 2. The molecule has 354 valence electrons. The van der Waals surface area contributed by atoms with E-state index in [-0.39, 0.29) is 181 Å². The van der Waals surface area contributed by atoms with Crippen molar-refractivity contribution in [2.45, 2.75) is 19.6 Å². The number of aromatic hydroxyl groups is 1. The van der Waals surface area contributed by atoms with Gasteiger partial charge < -0.3 is 44.7 Å². The first kappa shape index (κ1) is 70.2. The van der Waals surface area contributed by atoms with E-state index in [9.17, 15) is 58.4 Å². The number of hydrogen-bond acceptors (Lipinski definition) is 29. The van der Waals surface area contributed by atoms with Crippen molar-refractivity contribution >= 4 is 126 Å². The van der Waals surface area contributed by atoms with Gasteiger partial charge in [0.25, 0.3) is 0 Å². The molecule has 0 aliphatic carbocycles. The zero-order chi connectivity index (χ0) is 48.0. The van der Waals surface area contributed by atoms with Crippen LogP contribution in [0.25, 0.3) is 10.8 Å². The minimum Gasteiger partial charge on any atom is -0.744 e. The van der Waals surface area contributed by atoms with Crippen LogP contribution >= 0.6 is 47.0 Å². The Labute approximate surface area is 499 Å². The van der Waals surface area contributed by atoms with E-state index in [1.54, 1.807) is 0 Å². The number of halogens is 1. The average Bonchev–Trinajstić information content (AvgIpc) is 3.24. The number of nitrogen functional groups attached to an aromatic ring is 1. The summed E-state index contributed by atoms with van der Waals surface area (Å²) in [5.74, 6) is -3.36. The third kappa shape index (κ3) is 19.8. The minimum atomic E-state index is -5.49. The molecule has 0 saturated heterocycles. The van der Waals surface area contributed by atoms with E-state index >= 15 is 0 Å². The van der Waals surface area contributed by atoms with E-state index in [0.717, 1.165) is 50.6 Å². The van der Waals surface area contributed by atoms with E-state index in [0.29, 0.717) is 0 Å². The van der Waals surface area contributed by atoms with Crippen molar-refractivity contribution in [2.75, 3.05) is 56.7 Å². The van der Waals surface area contributed by atoms with Crippen LogP contribution in [0.4, 0.5) is 28.4 Å². The molecular weight excluding hydrogens is 1190 g/mol. The molecule has 0 unspecified atom stereocenters. The zero-order valence-corrected chi connectivity index (χ0v) is 51.6. The molecule has 0 saturated carbocycles. The summed E-state index contributed by atoms with van der Waals surface area (Å²) in [6.07, 6.45) is 0. The molecule has 0 aliphatic heterocycles. The Morgan fingerprint density at radius 1 is 0.676 bits per heavy atom. The summed E-state index contributed by atoms with van der Waals surface area (Å²) in [4.78, 5) is -0.350. The number of phenols is 1. The first-order chi connectivity index (χ1) is 30.1. The van der Waals surface area contributed by atoms with Crippen molar-refractivity contribution < 1.29 is 218 Å². The van der Waals surface area contributed by atoms with Gasteiger partial charge in [0, 0.05) is 12.1 Å². The zero-order valence-electron chi connectivity index (χ0n) is 36.6. The van der Waals surface area contributed by atoms with Crippen LogP contribution in [0.15, 0.2) is 82.5 Å².